The predicted molar refractivity (Wildman–Crippen MR) is 112 cm³/mol. The highest BCUT2D eigenvalue weighted by Crippen LogP contribution is 2.47. The van der Waals surface area contributed by atoms with Gasteiger partial charge in [-0.05, 0) is 46.6 Å². The highest BCUT2D eigenvalue weighted by atomic mass is 16.6. The van der Waals surface area contributed by atoms with E-state index in [1.54, 1.807) is 6.92 Å². The molecule has 0 radical (unpaired) electrons. The van der Waals surface area contributed by atoms with Crippen molar-refractivity contribution in [2.75, 3.05) is 13.7 Å². The molecule has 1 aliphatic heterocycles. The third kappa shape index (κ3) is 5.55. The van der Waals surface area contributed by atoms with Gasteiger partial charge in [0, 0.05) is 13.0 Å². The molecular weight excluding hydrogens is 388 g/mol. The Morgan fingerprint density at radius 2 is 1.93 bits per heavy atom. The average molecular weight is 418 g/mol. The second-order valence-electron chi connectivity index (χ2n) is 7.54. The second kappa shape index (κ2) is 10.2. The minimum absolute atomic E-state index is 0.0861. The van der Waals surface area contributed by atoms with Crippen molar-refractivity contribution < 1.29 is 33.6 Å². The molecule has 0 saturated carbocycles. The highest BCUT2D eigenvalue weighted by Gasteiger charge is 2.41. The van der Waals surface area contributed by atoms with Crippen LogP contribution in [0.2, 0.25) is 0 Å². The fourth-order valence-corrected chi connectivity index (χ4v) is 3.27. The standard InChI is InChI=1S/C23H30O7/c1-13(2)8-7-9-14(3)10-11-28-18-12-17(25)19-20(22(18)27-6)21(30-16(5)24)15(4)29-23(19)26/h8,10,12,15,21,25H,7,9,11H2,1-6H3/t15-,21+/m0/s1. The lowest BCUT2D eigenvalue weighted by Gasteiger charge is -2.32. The zero-order valence-corrected chi connectivity index (χ0v) is 18.4. The van der Waals surface area contributed by atoms with Crippen LogP contribution in [-0.2, 0) is 14.3 Å². The van der Waals surface area contributed by atoms with Gasteiger partial charge >= 0.3 is 11.9 Å². The molecule has 0 aromatic heterocycles. The van der Waals surface area contributed by atoms with E-state index in [9.17, 15) is 14.7 Å². The number of hydrogen-bond donors (Lipinski definition) is 1. The smallest absolute Gasteiger partial charge is 0.342 e. The first-order valence-electron chi connectivity index (χ1n) is 9.89. The fourth-order valence-electron chi connectivity index (χ4n) is 3.27. The monoisotopic (exact) mass is 418 g/mol. The number of cyclic esters (lactones) is 1. The molecule has 0 spiro atoms. The SMILES string of the molecule is COc1c(OCC=C(C)CCC=C(C)C)cc(O)c2c1[C@H](OC(C)=O)[C@H](C)OC2=O. The molecule has 0 amide bonds. The van der Waals surface area contributed by atoms with E-state index in [2.05, 4.69) is 19.9 Å². The van der Waals surface area contributed by atoms with E-state index in [1.807, 2.05) is 13.0 Å². The zero-order valence-electron chi connectivity index (χ0n) is 18.4. The summed E-state index contributed by atoms with van der Waals surface area (Å²) in [7, 11) is 1.43. The van der Waals surface area contributed by atoms with Crippen molar-refractivity contribution in [3.8, 4) is 17.2 Å². The Kier molecular flexibility index (Phi) is 7.92. The van der Waals surface area contributed by atoms with Crippen LogP contribution in [0.25, 0.3) is 0 Å². The summed E-state index contributed by atoms with van der Waals surface area (Å²) in [5, 5.41) is 10.4. The van der Waals surface area contributed by atoms with Crippen molar-refractivity contribution in [3.63, 3.8) is 0 Å². The first-order chi connectivity index (χ1) is 14.1. The van der Waals surface area contributed by atoms with Gasteiger partial charge in [0.15, 0.2) is 17.6 Å². The lowest BCUT2D eigenvalue weighted by atomic mass is 9.93. The number of allylic oxidation sites excluding steroid dienone is 3. The number of phenolic OH excluding ortho intramolecular Hbond substituents is 1. The van der Waals surface area contributed by atoms with E-state index in [4.69, 9.17) is 18.9 Å². The topological polar surface area (TPSA) is 91.3 Å². The summed E-state index contributed by atoms with van der Waals surface area (Å²) in [6.45, 7) is 9.29. The Bertz CT molecular complexity index is 863. The summed E-state index contributed by atoms with van der Waals surface area (Å²) in [5.41, 5.74) is 2.61. The van der Waals surface area contributed by atoms with Crippen LogP contribution >= 0.6 is 0 Å². The number of phenols is 1. The zero-order chi connectivity index (χ0) is 22.4. The summed E-state index contributed by atoms with van der Waals surface area (Å²) in [6, 6.07) is 1.31. The number of methoxy groups -OCH3 is 1. The van der Waals surface area contributed by atoms with Gasteiger partial charge in [0.2, 0.25) is 0 Å². The molecule has 1 heterocycles. The normalized spacial score (nSPS) is 18.2. The number of esters is 2. The number of fused-ring (bicyclic) bond motifs is 1. The molecular formula is C23H30O7. The average Bonchev–Trinajstić information content (AvgIpc) is 2.64. The van der Waals surface area contributed by atoms with Crippen LogP contribution < -0.4 is 9.47 Å². The number of carbonyl (C=O) groups excluding carboxylic acids is 2. The van der Waals surface area contributed by atoms with Crippen LogP contribution in [0, 0.1) is 0 Å². The van der Waals surface area contributed by atoms with E-state index in [0.29, 0.717) is 0 Å². The van der Waals surface area contributed by atoms with Crippen molar-refractivity contribution in [1.82, 2.24) is 0 Å². The summed E-state index contributed by atoms with van der Waals surface area (Å²) in [6.07, 6.45) is 4.35. The van der Waals surface area contributed by atoms with Crippen LogP contribution in [0.3, 0.4) is 0 Å². The van der Waals surface area contributed by atoms with E-state index < -0.39 is 24.1 Å². The minimum Gasteiger partial charge on any atom is -0.507 e. The number of ether oxygens (including phenoxy) is 4. The van der Waals surface area contributed by atoms with Crippen LogP contribution in [0.5, 0.6) is 17.2 Å². The quantitative estimate of drug-likeness (QED) is 0.486. The molecule has 7 heteroatoms. The van der Waals surface area contributed by atoms with Gasteiger partial charge in [0.05, 0.1) is 12.7 Å². The molecule has 1 aliphatic rings. The Balaban J connectivity index is 2.33. The maximum Gasteiger partial charge on any atom is 0.342 e. The van der Waals surface area contributed by atoms with Gasteiger partial charge in [-0.3, -0.25) is 4.79 Å². The Morgan fingerprint density at radius 1 is 1.23 bits per heavy atom. The van der Waals surface area contributed by atoms with Crippen LogP contribution in [0.15, 0.2) is 29.4 Å². The number of aromatic hydroxyl groups is 1. The maximum absolute atomic E-state index is 12.3. The lowest BCUT2D eigenvalue weighted by Crippen LogP contribution is -2.33. The maximum atomic E-state index is 12.3. The number of rotatable bonds is 8. The molecule has 0 saturated heterocycles. The number of benzene rings is 1. The Hall–Kier alpha value is -2.96. The molecule has 0 unspecified atom stereocenters. The van der Waals surface area contributed by atoms with Crippen LogP contribution in [-0.4, -0.2) is 36.9 Å². The highest BCUT2D eigenvalue weighted by molar-refractivity contribution is 5.97. The van der Waals surface area contributed by atoms with Gasteiger partial charge < -0.3 is 24.1 Å². The van der Waals surface area contributed by atoms with Crippen molar-refractivity contribution in [2.24, 2.45) is 0 Å². The third-order valence-electron chi connectivity index (χ3n) is 4.73. The summed E-state index contributed by atoms with van der Waals surface area (Å²) in [5.74, 6) is -1.09. The van der Waals surface area contributed by atoms with E-state index in [0.717, 1.165) is 12.8 Å². The van der Waals surface area contributed by atoms with E-state index in [-0.39, 0.29) is 35.0 Å². The van der Waals surface area contributed by atoms with Gasteiger partial charge in [-0.15, -0.1) is 0 Å². The molecule has 164 valence electrons. The largest absolute Gasteiger partial charge is 0.507 e. The summed E-state index contributed by atoms with van der Waals surface area (Å²) >= 11 is 0. The minimum atomic E-state index is -0.916. The Morgan fingerprint density at radius 3 is 2.53 bits per heavy atom. The first kappa shape index (κ1) is 23.3. The lowest BCUT2D eigenvalue weighted by molar-refractivity contribution is -0.153. The summed E-state index contributed by atoms with van der Waals surface area (Å²) in [4.78, 5) is 23.9. The van der Waals surface area contributed by atoms with Crippen molar-refractivity contribution in [1.29, 1.82) is 0 Å². The second-order valence-corrected chi connectivity index (χ2v) is 7.54. The molecule has 0 aliphatic carbocycles. The molecule has 1 aromatic rings. The molecule has 2 atom stereocenters. The number of hydrogen-bond acceptors (Lipinski definition) is 7. The summed E-state index contributed by atoms with van der Waals surface area (Å²) < 4.78 is 21.9. The van der Waals surface area contributed by atoms with Crippen molar-refractivity contribution in [3.05, 3.63) is 40.5 Å². The van der Waals surface area contributed by atoms with Gasteiger partial charge in [0.25, 0.3) is 0 Å². The van der Waals surface area contributed by atoms with E-state index >= 15 is 0 Å². The predicted octanol–water partition coefficient (Wildman–Crippen LogP) is 4.64. The molecule has 2 rings (SSSR count). The van der Waals surface area contributed by atoms with E-state index in [1.165, 1.54) is 31.2 Å². The van der Waals surface area contributed by atoms with Gasteiger partial charge in [0.1, 0.15) is 24.0 Å². The molecule has 1 N–H and O–H groups in total. The third-order valence-corrected chi connectivity index (χ3v) is 4.73. The van der Waals surface area contributed by atoms with Gasteiger partial charge in [-0.25, -0.2) is 4.79 Å². The van der Waals surface area contributed by atoms with Crippen molar-refractivity contribution >= 4 is 11.9 Å². The molecule has 30 heavy (non-hydrogen) atoms. The van der Waals surface area contributed by atoms with Crippen LogP contribution in [0.4, 0.5) is 0 Å². The Labute approximate surface area is 177 Å². The molecule has 1 aromatic carbocycles. The van der Waals surface area contributed by atoms with Crippen molar-refractivity contribution in [2.45, 2.75) is 59.7 Å². The number of carbonyl (C=O) groups is 2. The van der Waals surface area contributed by atoms with Crippen LogP contribution in [0.1, 0.15) is 69.5 Å². The molecule has 0 bridgehead atoms. The fraction of sp³-hybridized carbons (Fsp3) is 0.478. The van der Waals surface area contributed by atoms with Gasteiger partial charge in [-0.1, -0.05) is 17.2 Å². The first-order valence-corrected chi connectivity index (χ1v) is 9.89. The molecule has 7 nitrogen and oxygen atoms in total. The molecule has 0 fully saturated rings. The van der Waals surface area contributed by atoms with Gasteiger partial charge in [-0.2, -0.15) is 0 Å².